The van der Waals surface area contributed by atoms with E-state index in [1.54, 1.807) is 16.5 Å². The standard InChI is InChI=1S/C19H23N5O3S/c1-22-13-18(21-14-22)28(26,27)24-8-4-7-23(9-10-24)19(25)11-15-12-20-17-6-3-2-5-16(15)17/h2-3,5-6,12-14,20H,4,7-11H2,1H3. The largest absolute Gasteiger partial charge is 0.361 e. The molecule has 28 heavy (non-hydrogen) atoms. The van der Waals surface area contributed by atoms with Gasteiger partial charge in [0.25, 0.3) is 10.0 Å². The summed E-state index contributed by atoms with van der Waals surface area (Å²) in [6.45, 7) is 1.59. The number of aromatic nitrogens is 3. The van der Waals surface area contributed by atoms with Gasteiger partial charge in [0.1, 0.15) is 0 Å². The summed E-state index contributed by atoms with van der Waals surface area (Å²) in [5.74, 6) is 0.0156. The Bertz CT molecular complexity index is 1100. The van der Waals surface area contributed by atoms with E-state index in [2.05, 4.69) is 9.97 Å². The normalized spacial score (nSPS) is 16.4. The maximum Gasteiger partial charge on any atom is 0.262 e. The van der Waals surface area contributed by atoms with E-state index >= 15 is 0 Å². The van der Waals surface area contributed by atoms with Gasteiger partial charge in [0, 0.05) is 56.5 Å². The highest BCUT2D eigenvalue weighted by Crippen LogP contribution is 2.20. The molecule has 8 nitrogen and oxygen atoms in total. The van der Waals surface area contributed by atoms with E-state index in [0.29, 0.717) is 32.5 Å². The Hall–Kier alpha value is -2.65. The van der Waals surface area contributed by atoms with Crippen molar-refractivity contribution in [3.05, 3.63) is 48.5 Å². The van der Waals surface area contributed by atoms with Crippen LogP contribution >= 0.6 is 0 Å². The van der Waals surface area contributed by atoms with Gasteiger partial charge in [-0.15, -0.1) is 0 Å². The summed E-state index contributed by atoms with van der Waals surface area (Å²) < 4.78 is 28.6. The summed E-state index contributed by atoms with van der Waals surface area (Å²) in [6, 6.07) is 7.89. The fourth-order valence-electron chi connectivity index (χ4n) is 3.59. The van der Waals surface area contributed by atoms with Crippen LogP contribution in [0.3, 0.4) is 0 Å². The van der Waals surface area contributed by atoms with Crippen LogP contribution in [-0.2, 0) is 28.3 Å². The second-order valence-electron chi connectivity index (χ2n) is 7.05. The molecule has 0 aliphatic carbocycles. The van der Waals surface area contributed by atoms with Crippen molar-refractivity contribution in [2.75, 3.05) is 26.2 Å². The van der Waals surface area contributed by atoms with Crippen LogP contribution in [0, 0.1) is 0 Å². The molecule has 0 bridgehead atoms. The Morgan fingerprint density at radius 3 is 2.79 bits per heavy atom. The number of fused-ring (bicyclic) bond motifs is 1. The van der Waals surface area contributed by atoms with Crippen molar-refractivity contribution in [3.63, 3.8) is 0 Å². The molecule has 3 aromatic rings. The van der Waals surface area contributed by atoms with Crippen LogP contribution < -0.4 is 0 Å². The second-order valence-corrected chi connectivity index (χ2v) is 8.94. The molecule has 1 fully saturated rings. The first-order chi connectivity index (χ1) is 13.4. The van der Waals surface area contributed by atoms with Crippen LogP contribution in [0.5, 0.6) is 0 Å². The van der Waals surface area contributed by atoms with E-state index in [1.807, 2.05) is 30.5 Å². The molecule has 1 aliphatic rings. The SMILES string of the molecule is Cn1cnc(S(=O)(=O)N2CCCN(C(=O)Cc3c[nH]c4ccccc34)CC2)c1. The van der Waals surface area contributed by atoms with Gasteiger partial charge >= 0.3 is 0 Å². The lowest BCUT2D eigenvalue weighted by Gasteiger charge is -2.21. The second kappa shape index (κ2) is 7.40. The minimum absolute atomic E-state index is 0.0156. The zero-order chi connectivity index (χ0) is 19.7. The number of para-hydroxylation sites is 1. The molecule has 1 aliphatic heterocycles. The number of carbonyl (C=O) groups is 1. The smallest absolute Gasteiger partial charge is 0.262 e. The molecule has 0 atom stereocenters. The molecule has 3 heterocycles. The average Bonchev–Trinajstić information content (AvgIpc) is 3.20. The monoisotopic (exact) mass is 401 g/mol. The number of carbonyl (C=O) groups excluding carboxylic acids is 1. The summed E-state index contributed by atoms with van der Waals surface area (Å²) >= 11 is 0. The number of nitrogens with one attached hydrogen (secondary N) is 1. The first kappa shape index (κ1) is 18.7. The average molecular weight is 401 g/mol. The van der Waals surface area contributed by atoms with Gasteiger partial charge in [-0.25, -0.2) is 13.4 Å². The van der Waals surface area contributed by atoms with E-state index < -0.39 is 10.0 Å². The topological polar surface area (TPSA) is 91.3 Å². The van der Waals surface area contributed by atoms with E-state index in [0.717, 1.165) is 16.5 Å². The molecule has 148 valence electrons. The first-order valence-corrected chi connectivity index (χ1v) is 10.7. The van der Waals surface area contributed by atoms with Crippen molar-refractivity contribution in [1.82, 2.24) is 23.7 Å². The highest BCUT2D eigenvalue weighted by Gasteiger charge is 2.29. The number of aryl methyl sites for hydroxylation is 1. The van der Waals surface area contributed by atoms with Gasteiger partial charge < -0.3 is 14.5 Å². The van der Waals surface area contributed by atoms with Gasteiger partial charge in [-0.3, -0.25) is 4.79 Å². The minimum Gasteiger partial charge on any atom is -0.361 e. The van der Waals surface area contributed by atoms with Crippen molar-refractivity contribution in [2.45, 2.75) is 17.9 Å². The zero-order valence-corrected chi connectivity index (χ0v) is 16.5. The predicted octanol–water partition coefficient (Wildman–Crippen LogP) is 1.37. The number of rotatable bonds is 4. The van der Waals surface area contributed by atoms with Crippen LogP contribution in [0.15, 0.2) is 48.0 Å². The third-order valence-electron chi connectivity index (χ3n) is 5.11. The Morgan fingerprint density at radius 2 is 2.00 bits per heavy atom. The minimum atomic E-state index is -3.63. The van der Waals surface area contributed by atoms with E-state index in [4.69, 9.17) is 0 Å². The van der Waals surface area contributed by atoms with Crippen LogP contribution in [0.25, 0.3) is 10.9 Å². The molecule has 4 rings (SSSR count). The first-order valence-electron chi connectivity index (χ1n) is 9.26. The van der Waals surface area contributed by atoms with E-state index in [1.165, 1.54) is 16.8 Å². The van der Waals surface area contributed by atoms with Gasteiger partial charge in [-0.1, -0.05) is 18.2 Å². The number of H-pyrrole nitrogens is 1. The van der Waals surface area contributed by atoms with Crippen molar-refractivity contribution >= 4 is 26.8 Å². The van der Waals surface area contributed by atoms with Crippen LogP contribution in [-0.4, -0.2) is 64.2 Å². The molecule has 0 spiro atoms. The third kappa shape index (κ3) is 3.55. The number of imidazole rings is 1. The Morgan fingerprint density at radius 1 is 1.18 bits per heavy atom. The predicted molar refractivity (Wildman–Crippen MR) is 105 cm³/mol. The molecular weight excluding hydrogens is 378 g/mol. The maximum absolute atomic E-state index is 12.8. The Labute approximate surface area is 163 Å². The van der Waals surface area contributed by atoms with Crippen molar-refractivity contribution in [1.29, 1.82) is 0 Å². The lowest BCUT2D eigenvalue weighted by Crippen LogP contribution is -2.38. The fraction of sp³-hybridized carbons (Fsp3) is 0.368. The lowest BCUT2D eigenvalue weighted by atomic mass is 10.1. The summed E-state index contributed by atoms with van der Waals surface area (Å²) in [4.78, 5) is 21.7. The summed E-state index contributed by atoms with van der Waals surface area (Å²) in [7, 11) is -1.90. The number of benzene rings is 1. The molecule has 2 aromatic heterocycles. The lowest BCUT2D eigenvalue weighted by molar-refractivity contribution is -0.130. The van der Waals surface area contributed by atoms with Crippen molar-refractivity contribution in [2.24, 2.45) is 7.05 Å². The highest BCUT2D eigenvalue weighted by atomic mass is 32.2. The maximum atomic E-state index is 12.8. The van der Waals surface area contributed by atoms with E-state index in [9.17, 15) is 13.2 Å². The van der Waals surface area contributed by atoms with Crippen molar-refractivity contribution < 1.29 is 13.2 Å². The number of sulfonamides is 1. The van der Waals surface area contributed by atoms with Crippen molar-refractivity contribution in [3.8, 4) is 0 Å². The molecule has 1 aromatic carbocycles. The number of nitrogens with zero attached hydrogens (tertiary/aromatic N) is 4. The number of hydrogen-bond acceptors (Lipinski definition) is 4. The van der Waals surface area contributed by atoms with Gasteiger partial charge in [-0.05, 0) is 18.1 Å². The van der Waals surface area contributed by atoms with Gasteiger partial charge in [0.15, 0.2) is 5.03 Å². The zero-order valence-electron chi connectivity index (χ0n) is 15.7. The number of hydrogen-bond donors (Lipinski definition) is 1. The molecule has 1 amide bonds. The van der Waals surface area contributed by atoms with Crippen LogP contribution in [0.4, 0.5) is 0 Å². The van der Waals surface area contributed by atoms with Gasteiger partial charge in [0.2, 0.25) is 5.91 Å². The number of aromatic amines is 1. The van der Waals surface area contributed by atoms with Crippen LogP contribution in [0.1, 0.15) is 12.0 Å². The fourth-order valence-corrected chi connectivity index (χ4v) is 5.03. The number of amides is 1. The molecular formula is C19H23N5O3S. The summed E-state index contributed by atoms with van der Waals surface area (Å²) in [5.41, 5.74) is 1.97. The molecule has 1 saturated heterocycles. The quantitative estimate of drug-likeness (QED) is 0.715. The molecule has 0 saturated carbocycles. The molecule has 0 unspecified atom stereocenters. The molecule has 1 N–H and O–H groups in total. The Balaban J connectivity index is 1.44. The summed E-state index contributed by atoms with van der Waals surface area (Å²) in [6.07, 6.45) is 5.75. The van der Waals surface area contributed by atoms with E-state index in [-0.39, 0.29) is 17.5 Å². The Kier molecular flexibility index (Phi) is 4.94. The molecule has 9 heteroatoms. The summed E-state index contributed by atoms with van der Waals surface area (Å²) in [5, 5.41) is 1.10. The van der Waals surface area contributed by atoms with Gasteiger partial charge in [-0.2, -0.15) is 4.31 Å². The van der Waals surface area contributed by atoms with Gasteiger partial charge in [0.05, 0.1) is 12.7 Å². The third-order valence-corrected chi connectivity index (χ3v) is 6.89. The highest BCUT2D eigenvalue weighted by molar-refractivity contribution is 7.89. The molecule has 0 radical (unpaired) electrons. The van der Waals surface area contributed by atoms with Crippen LogP contribution in [0.2, 0.25) is 0 Å².